The van der Waals surface area contributed by atoms with Crippen molar-refractivity contribution < 1.29 is 13.9 Å². The van der Waals surface area contributed by atoms with E-state index in [0.29, 0.717) is 18.2 Å². The summed E-state index contributed by atoms with van der Waals surface area (Å²) in [5.74, 6) is 0.0491. The molecular weight excluding hydrogens is 347 g/mol. The highest BCUT2D eigenvalue weighted by molar-refractivity contribution is 5.93. The van der Waals surface area contributed by atoms with E-state index >= 15 is 0 Å². The second kappa shape index (κ2) is 6.96. The summed E-state index contributed by atoms with van der Waals surface area (Å²) in [6.45, 7) is 2.85. The predicted octanol–water partition coefficient (Wildman–Crippen LogP) is 2.17. The number of hydrogen-bond donors (Lipinski definition) is 0. The molecule has 0 aliphatic carbocycles. The molecule has 4 rings (SSSR count). The van der Waals surface area contributed by atoms with Gasteiger partial charge in [-0.2, -0.15) is 0 Å². The van der Waals surface area contributed by atoms with Gasteiger partial charge in [-0.15, -0.1) is 0 Å². The van der Waals surface area contributed by atoms with E-state index in [0.717, 1.165) is 32.5 Å². The molecule has 1 atom stereocenters. The summed E-state index contributed by atoms with van der Waals surface area (Å²) < 4.78 is 21.2. The lowest BCUT2D eigenvalue weighted by atomic mass is 9.75. The van der Waals surface area contributed by atoms with Gasteiger partial charge in [0, 0.05) is 32.5 Å². The molecule has 0 radical (unpaired) electrons. The van der Waals surface area contributed by atoms with Gasteiger partial charge in [0.05, 0.1) is 12.1 Å². The molecule has 1 amide bonds. The van der Waals surface area contributed by atoms with E-state index in [1.54, 1.807) is 6.07 Å². The van der Waals surface area contributed by atoms with Crippen LogP contribution in [-0.4, -0.2) is 64.1 Å². The number of halogens is 1. The van der Waals surface area contributed by atoms with Gasteiger partial charge in [0.25, 0.3) is 5.91 Å². The van der Waals surface area contributed by atoms with Crippen LogP contribution >= 0.6 is 0 Å². The van der Waals surface area contributed by atoms with Gasteiger partial charge >= 0.3 is 0 Å². The fourth-order valence-electron chi connectivity index (χ4n) is 4.25. The molecule has 144 valence electrons. The molecule has 2 aromatic heterocycles. The zero-order valence-electron chi connectivity index (χ0n) is 15.8. The lowest BCUT2D eigenvalue weighted by molar-refractivity contribution is -0.0699. The lowest BCUT2D eigenvalue weighted by Crippen LogP contribution is -2.72. The molecule has 7 heteroatoms. The van der Waals surface area contributed by atoms with Gasteiger partial charge in [-0.05, 0) is 56.6 Å². The van der Waals surface area contributed by atoms with Gasteiger partial charge in [0.15, 0.2) is 5.82 Å². The molecule has 2 saturated heterocycles. The normalized spacial score (nSPS) is 21.9. The highest BCUT2D eigenvalue weighted by Gasteiger charge is 2.51. The summed E-state index contributed by atoms with van der Waals surface area (Å²) in [7, 11) is 4.01. The van der Waals surface area contributed by atoms with E-state index in [4.69, 9.17) is 4.74 Å². The lowest BCUT2D eigenvalue weighted by Gasteiger charge is -2.58. The van der Waals surface area contributed by atoms with Crippen LogP contribution in [0.2, 0.25) is 0 Å². The van der Waals surface area contributed by atoms with Crippen LogP contribution in [0.25, 0.3) is 0 Å². The standard InChI is InChI=1S/C20H25FN4O2/c1-23-9-4-6-17(23)19(26)25-13-20(14-25)11-15(7-10-24(20)2)12-27-18-16(21)5-3-8-22-18/h3-6,8-9,15H,7,10-14H2,1-2H3/t15-/m1/s1. The van der Waals surface area contributed by atoms with E-state index in [-0.39, 0.29) is 17.3 Å². The maximum absolute atomic E-state index is 13.7. The van der Waals surface area contributed by atoms with Gasteiger partial charge in [-0.3, -0.25) is 9.69 Å². The second-order valence-corrected chi connectivity index (χ2v) is 7.77. The fraction of sp³-hybridized carbons (Fsp3) is 0.500. The third kappa shape index (κ3) is 3.32. The van der Waals surface area contributed by atoms with Crippen LogP contribution in [0.15, 0.2) is 36.7 Å². The molecule has 0 saturated carbocycles. The zero-order valence-corrected chi connectivity index (χ0v) is 15.8. The first-order valence-corrected chi connectivity index (χ1v) is 9.34. The van der Waals surface area contributed by atoms with Crippen molar-refractivity contribution in [3.05, 3.63) is 48.2 Å². The van der Waals surface area contributed by atoms with Crippen molar-refractivity contribution in [2.45, 2.75) is 18.4 Å². The van der Waals surface area contributed by atoms with Gasteiger partial charge in [0.1, 0.15) is 5.69 Å². The first kappa shape index (κ1) is 18.0. The maximum Gasteiger partial charge on any atom is 0.270 e. The molecule has 2 aromatic rings. The Morgan fingerprint density at radius 1 is 1.33 bits per heavy atom. The van der Waals surface area contributed by atoms with Crippen molar-refractivity contribution in [2.75, 3.05) is 33.3 Å². The van der Waals surface area contributed by atoms with Crippen molar-refractivity contribution in [1.82, 2.24) is 19.4 Å². The van der Waals surface area contributed by atoms with Crippen molar-refractivity contribution in [3.63, 3.8) is 0 Å². The van der Waals surface area contributed by atoms with Crippen LogP contribution in [-0.2, 0) is 7.05 Å². The molecule has 2 aliphatic heterocycles. The van der Waals surface area contributed by atoms with Gasteiger partial charge in [0.2, 0.25) is 5.88 Å². The molecule has 0 bridgehead atoms. The average Bonchev–Trinajstić information content (AvgIpc) is 3.06. The van der Waals surface area contributed by atoms with Crippen LogP contribution in [0.3, 0.4) is 0 Å². The van der Waals surface area contributed by atoms with Crippen LogP contribution in [0, 0.1) is 11.7 Å². The van der Waals surface area contributed by atoms with E-state index in [9.17, 15) is 9.18 Å². The van der Waals surface area contributed by atoms with E-state index in [2.05, 4.69) is 16.9 Å². The molecule has 2 aliphatic rings. The number of aromatic nitrogens is 2. The summed E-state index contributed by atoms with van der Waals surface area (Å²) in [5, 5.41) is 0. The average molecular weight is 372 g/mol. The van der Waals surface area contributed by atoms with Crippen LogP contribution < -0.4 is 4.74 Å². The van der Waals surface area contributed by atoms with Crippen LogP contribution in [0.4, 0.5) is 4.39 Å². The Bertz CT molecular complexity index is 831. The van der Waals surface area contributed by atoms with E-state index in [1.165, 1.54) is 12.3 Å². The number of carbonyl (C=O) groups excluding carboxylic acids is 1. The molecule has 27 heavy (non-hydrogen) atoms. The number of piperidine rings is 1. The topological polar surface area (TPSA) is 50.6 Å². The van der Waals surface area contributed by atoms with Crippen molar-refractivity contribution in [3.8, 4) is 5.88 Å². The predicted molar refractivity (Wildman–Crippen MR) is 99.1 cm³/mol. The summed E-state index contributed by atoms with van der Waals surface area (Å²) in [5.41, 5.74) is 0.712. The molecule has 6 nitrogen and oxygen atoms in total. The van der Waals surface area contributed by atoms with Crippen LogP contribution in [0.1, 0.15) is 23.3 Å². The summed E-state index contributed by atoms with van der Waals surface area (Å²) >= 11 is 0. The minimum absolute atomic E-state index is 0.00420. The Kier molecular flexibility index (Phi) is 4.63. The van der Waals surface area contributed by atoms with E-state index in [1.807, 2.05) is 34.8 Å². The molecule has 0 aromatic carbocycles. The number of nitrogens with zero attached hydrogens (tertiary/aromatic N) is 4. The molecular formula is C20H25FN4O2. The smallest absolute Gasteiger partial charge is 0.270 e. The van der Waals surface area contributed by atoms with Gasteiger partial charge in [-0.1, -0.05) is 0 Å². The Hall–Kier alpha value is -2.41. The summed E-state index contributed by atoms with van der Waals surface area (Å²) in [4.78, 5) is 20.9. The summed E-state index contributed by atoms with van der Waals surface area (Å²) in [6.07, 6.45) is 5.36. The monoisotopic (exact) mass is 372 g/mol. The van der Waals surface area contributed by atoms with Gasteiger partial charge < -0.3 is 14.2 Å². The Balaban J connectivity index is 1.37. The first-order valence-electron chi connectivity index (χ1n) is 9.34. The number of rotatable bonds is 4. The molecule has 0 N–H and O–H groups in total. The maximum atomic E-state index is 13.7. The number of carbonyl (C=O) groups is 1. The Morgan fingerprint density at radius 2 is 2.15 bits per heavy atom. The highest BCUT2D eigenvalue weighted by Crippen LogP contribution is 2.39. The Labute approximate surface area is 158 Å². The molecule has 2 fully saturated rings. The number of pyridine rings is 1. The van der Waals surface area contributed by atoms with Crippen molar-refractivity contribution >= 4 is 5.91 Å². The number of hydrogen-bond acceptors (Lipinski definition) is 4. The third-order valence-electron chi connectivity index (χ3n) is 5.95. The van der Waals surface area contributed by atoms with E-state index < -0.39 is 5.82 Å². The van der Waals surface area contributed by atoms with Gasteiger partial charge in [-0.25, -0.2) is 9.37 Å². The molecule has 4 heterocycles. The quantitative estimate of drug-likeness (QED) is 0.826. The zero-order chi connectivity index (χ0) is 19.0. The van der Waals surface area contributed by atoms with Crippen LogP contribution in [0.5, 0.6) is 5.88 Å². The number of aryl methyl sites for hydroxylation is 1. The number of likely N-dealkylation sites (N-methyl/N-ethyl adjacent to an activating group) is 1. The largest absolute Gasteiger partial charge is 0.475 e. The molecule has 1 spiro atoms. The molecule has 0 unspecified atom stereocenters. The second-order valence-electron chi connectivity index (χ2n) is 7.77. The third-order valence-corrected chi connectivity index (χ3v) is 5.95. The first-order chi connectivity index (χ1) is 13.0. The number of amides is 1. The minimum Gasteiger partial charge on any atom is -0.475 e. The van der Waals surface area contributed by atoms with Crippen molar-refractivity contribution in [1.29, 1.82) is 0 Å². The fourth-order valence-corrected chi connectivity index (χ4v) is 4.25. The Morgan fingerprint density at radius 3 is 2.85 bits per heavy atom. The van der Waals surface area contributed by atoms with Crippen molar-refractivity contribution in [2.24, 2.45) is 13.0 Å². The summed E-state index contributed by atoms with van der Waals surface area (Å²) in [6, 6.07) is 6.66. The SMILES string of the molecule is CN1CC[C@@H](COc2ncccc2F)CC12CN(C(=O)c1cccn1C)C2. The number of likely N-dealkylation sites (tertiary alicyclic amines) is 2. The highest BCUT2D eigenvalue weighted by atomic mass is 19.1. The number of ether oxygens (including phenoxy) is 1. The minimum atomic E-state index is -0.428.